The van der Waals surface area contributed by atoms with Crippen molar-refractivity contribution in [3.05, 3.63) is 40.5 Å². The Labute approximate surface area is 161 Å². The van der Waals surface area contributed by atoms with Crippen molar-refractivity contribution < 1.29 is 4.79 Å². The lowest BCUT2D eigenvalue weighted by Crippen LogP contribution is -2.47. The zero-order chi connectivity index (χ0) is 18.5. The van der Waals surface area contributed by atoms with Crippen molar-refractivity contribution in [3.8, 4) is 0 Å². The number of carbonyl (C=O) groups excluding carboxylic acids is 1. The van der Waals surface area contributed by atoms with Gasteiger partial charge in [-0.2, -0.15) is 4.98 Å². The van der Waals surface area contributed by atoms with E-state index < -0.39 is 0 Å². The maximum atomic E-state index is 12.5. The van der Waals surface area contributed by atoms with Crippen molar-refractivity contribution in [2.45, 2.75) is 18.9 Å². The van der Waals surface area contributed by atoms with E-state index in [-0.39, 0.29) is 24.4 Å². The molecular weight excluding hydrogens is 375 g/mol. The van der Waals surface area contributed by atoms with E-state index in [4.69, 9.17) is 28.9 Å². The van der Waals surface area contributed by atoms with Crippen molar-refractivity contribution in [2.75, 3.05) is 36.0 Å². The molecule has 2 heterocycles. The van der Waals surface area contributed by atoms with Gasteiger partial charge in [0.2, 0.25) is 11.9 Å². The minimum absolute atomic E-state index is 0.0230. The third kappa shape index (κ3) is 5.12. The molecule has 26 heavy (non-hydrogen) atoms. The Morgan fingerprint density at radius 2 is 2.08 bits per heavy atom. The molecule has 0 spiro atoms. The van der Waals surface area contributed by atoms with E-state index in [0.717, 1.165) is 25.1 Å². The summed E-state index contributed by atoms with van der Waals surface area (Å²) in [4.78, 5) is 22.4. The maximum Gasteiger partial charge on any atom is 0.241 e. The number of rotatable bonds is 5. The Bertz CT molecular complexity index is 767. The number of carbonyl (C=O) groups is 1. The summed E-state index contributed by atoms with van der Waals surface area (Å²) in [6.07, 6.45) is 3.49. The van der Waals surface area contributed by atoms with Gasteiger partial charge in [-0.15, -0.1) is 0 Å². The molecule has 4 N–H and O–H groups in total. The molecule has 0 bridgehead atoms. The molecule has 1 amide bonds. The molecule has 1 aliphatic rings. The number of nitrogens with zero attached hydrogens (tertiary/aromatic N) is 3. The number of nitrogens with two attached hydrogens (primary N) is 1. The molecule has 9 heteroatoms. The van der Waals surface area contributed by atoms with Crippen LogP contribution >= 0.6 is 23.2 Å². The summed E-state index contributed by atoms with van der Waals surface area (Å²) in [6.45, 7) is 1.53. The number of nitrogen functional groups attached to an aromatic ring is 1. The van der Waals surface area contributed by atoms with Gasteiger partial charge in [0.25, 0.3) is 0 Å². The van der Waals surface area contributed by atoms with E-state index in [1.165, 1.54) is 0 Å². The van der Waals surface area contributed by atoms with Gasteiger partial charge >= 0.3 is 0 Å². The lowest BCUT2D eigenvalue weighted by Gasteiger charge is -2.33. The molecule has 138 valence electrons. The summed E-state index contributed by atoms with van der Waals surface area (Å²) in [6, 6.07) is 7.02. The molecule has 0 unspecified atom stereocenters. The van der Waals surface area contributed by atoms with Crippen molar-refractivity contribution in [1.29, 1.82) is 0 Å². The van der Waals surface area contributed by atoms with Crippen LogP contribution in [0.5, 0.6) is 0 Å². The van der Waals surface area contributed by atoms with Gasteiger partial charge < -0.3 is 21.3 Å². The highest BCUT2D eigenvalue weighted by Crippen LogP contribution is 2.22. The van der Waals surface area contributed by atoms with Crippen LogP contribution in [0.4, 0.5) is 17.5 Å². The number of anilines is 3. The van der Waals surface area contributed by atoms with Crippen molar-refractivity contribution in [3.63, 3.8) is 0 Å². The summed E-state index contributed by atoms with van der Waals surface area (Å²) in [5.41, 5.74) is 6.32. The summed E-state index contributed by atoms with van der Waals surface area (Å²) in [7, 11) is 0. The fourth-order valence-corrected chi connectivity index (χ4v) is 3.46. The number of halogens is 2. The van der Waals surface area contributed by atoms with Gasteiger partial charge in [0, 0.05) is 41.1 Å². The lowest BCUT2D eigenvalue weighted by atomic mass is 10.1. The van der Waals surface area contributed by atoms with E-state index in [2.05, 4.69) is 20.6 Å². The van der Waals surface area contributed by atoms with Gasteiger partial charge in [-0.1, -0.05) is 23.2 Å². The third-order valence-corrected chi connectivity index (χ3v) is 4.54. The fraction of sp³-hybridized carbons (Fsp3) is 0.353. The van der Waals surface area contributed by atoms with Crippen LogP contribution in [0.25, 0.3) is 0 Å². The number of nitrogens with one attached hydrogen (secondary N) is 2. The zero-order valence-electron chi connectivity index (χ0n) is 14.1. The molecule has 1 saturated heterocycles. The predicted molar refractivity (Wildman–Crippen MR) is 105 cm³/mol. The standard InChI is InChI=1S/C17H20Cl2N6O/c18-11-6-12(19)8-14(7-11)22-9-16(26)25-5-1-2-13(10-25)23-15-3-4-21-17(20)24-15/h3-4,6-8,13,22H,1-2,5,9-10H2,(H3,20,21,23,24)/t13-/m0/s1. The van der Waals surface area contributed by atoms with Crippen LogP contribution in [0.2, 0.25) is 10.0 Å². The van der Waals surface area contributed by atoms with Crippen LogP contribution in [-0.2, 0) is 4.79 Å². The number of hydrogen-bond acceptors (Lipinski definition) is 6. The average Bonchev–Trinajstić information content (AvgIpc) is 2.59. The molecule has 2 aromatic rings. The molecule has 1 atom stereocenters. The number of benzene rings is 1. The van der Waals surface area contributed by atoms with Gasteiger partial charge in [-0.05, 0) is 37.1 Å². The first-order chi connectivity index (χ1) is 12.5. The second-order valence-electron chi connectivity index (χ2n) is 6.14. The first-order valence-corrected chi connectivity index (χ1v) is 9.08. The monoisotopic (exact) mass is 394 g/mol. The first-order valence-electron chi connectivity index (χ1n) is 8.32. The molecule has 0 saturated carbocycles. The molecular formula is C17H20Cl2N6O. The van der Waals surface area contributed by atoms with E-state index in [1.54, 1.807) is 30.5 Å². The first kappa shape index (κ1) is 18.5. The van der Waals surface area contributed by atoms with E-state index >= 15 is 0 Å². The molecule has 0 radical (unpaired) electrons. The highest BCUT2D eigenvalue weighted by molar-refractivity contribution is 6.35. The SMILES string of the molecule is Nc1nccc(N[C@H]2CCCN(C(=O)CNc3cc(Cl)cc(Cl)c3)C2)n1. The Kier molecular flexibility index (Phi) is 6.00. The second-order valence-corrected chi connectivity index (χ2v) is 7.01. The third-order valence-electron chi connectivity index (χ3n) is 4.11. The Balaban J connectivity index is 1.54. The van der Waals surface area contributed by atoms with Crippen molar-refractivity contribution in [1.82, 2.24) is 14.9 Å². The minimum atomic E-state index is 0.0230. The zero-order valence-corrected chi connectivity index (χ0v) is 15.6. The Morgan fingerprint density at radius 1 is 1.31 bits per heavy atom. The van der Waals surface area contributed by atoms with Crippen LogP contribution in [0.15, 0.2) is 30.5 Å². The Morgan fingerprint density at radius 3 is 2.81 bits per heavy atom. The highest BCUT2D eigenvalue weighted by Gasteiger charge is 2.23. The molecule has 1 fully saturated rings. The summed E-state index contributed by atoms with van der Waals surface area (Å²) in [5, 5.41) is 7.45. The van der Waals surface area contributed by atoms with Crippen LogP contribution < -0.4 is 16.4 Å². The number of amides is 1. The van der Waals surface area contributed by atoms with Crippen molar-refractivity contribution >= 4 is 46.6 Å². The largest absolute Gasteiger partial charge is 0.376 e. The van der Waals surface area contributed by atoms with Crippen LogP contribution in [-0.4, -0.2) is 46.5 Å². The number of hydrogen-bond donors (Lipinski definition) is 3. The lowest BCUT2D eigenvalue weighted by molar-refractivity contribution is -0.130. The smallest absolute Gasteiger partial charge is 0.241 e. The predicted octanol–water partition coefficient (Wildman–Crippen LogP) is 2.88. The van der Waals surface area contributed by atoms with E-state index in [0.29, 0.717) is 22.4 Å². The molecule has 7 nitrogen and oxygen atoms in total. The van der Waals surface area contributed by atoms with Gasteiger partial charge in [-0.25, -0.2) is 4.98 Å². The second kappa shape index (κ2) is 8.42. The summed E-state index contributed by atoms with van der Waals surface area (Å²) >= 11 is 11.9. The molecule has 0 aliphatic carbocycles. The normalized spacial score (nSPS) is 17.0. The van der Waals surface area contributed by atoms with Crippen LogP contribution in [0.1, 0.15) is 12.8 Å². The fourth-order valence-electron chi connectivity index (χ4n) is 2.93. The highest BCUT2D eigenvalue weighted by atomic mass is 35.5. The topological polar surface area (TPSA) is 96.2 Å². The van der Waals surface area contributed by atoms with E-state index in [1.807, 2.05) is 4.90 Å². The van der Waals surface area contributed by atoms with Crippen molar-refractivity contribution in [2.24, 2.45) is 0 Å². The maximum absolute atomic E-state index is 12.5. The molecule has 1 aromatic carbocycles. The van der Waals surface area contributed by atoms with Gasteiger partial charge in [0.05, 0.1) is 6.54 Å². The molecule has 1 aromatic heterocycles. The number of likely N-dealkylation sites (tertiary alicyclic amines) is 1. The summed E-state index contributed by atoms with van der Waals surface area (Å²) in [5.74, 6) is 0.918. The van der Waals surface area contributed by atoms with Gasteiger partial charge in [-0.3, -0.25) is 4.79 Å². The van der Waals surface area contributed by atoms with Gasteiger partial charge in [0.1, 0.15) is 5.82 Å². The van der Waals surface area contributed by atoms with Crippen LogP contribution in [0.3, 0.4) is 0 Å². The summed E-state index contributed by atoms with van der Waals surface area (Å²) < 4.78 is 0. The average molecular weight is 395 g/mol. The minimum Gasteiger partial charge on any atom is -0.376 e. The number of piperidine rings is 1. The van der Waals surface area contributed by atoms with Crippen LogP contribution in [0, 0.1) is 0 Å². The van der Waals surface area contributed by atoms with Gasteiger partial charge in [0.15, 0.2) is 0 Å². The molecule has 3 rings (SSSR count). The Hall–Kier alpha value is -2.25. The molecule has 1 aliphatic heterocycles. The number of aromatic nitrogens is 2. The van der Waals surface area contributed by atoms with E-state index in [9.17, 15) is 4.79 Å². The quantitative estimate of drug-likeness (QED) is 0.721.